The van der Waals surface area contributed by atoms with Gasteiger partial charge in [-0.25, -0.2) is 0 Å². The molecule has 2 aromatic heterocycles. The maximum absolute atomic E-state index is 4.59. The van der Waals surface area contributed by atoms with Crippen molar-refractivity contribution in [1.29, 1.82) is 0 Å². The first-order valence-electron chi connectivity index (χ1n) is 7.13. The maximum Gasteiger partial charge on any atom is 0.0547 e. The summed E-state index contributed by atoms with van der Waals surface area (Å²) in [4.78, 5) is 11.6. The lowest BCUT2D eigenvalue weighted by Crippen LogP contribution is -2.30. The molecule has 20 heavy (non-hydrogen) atoms. The number of hydrogen-bond donors (Lipinski definition) is 0. The summed E-state index contributed by atoms with van der Waals surface area (Å²) in [5.74, 6) is 0. The third kappa shape index (κ3) is 4.14. The van der Waals surface area contributed by atoms with E-state index in [2.05, 4.69) is 53.0 Å². The number of aryl methyl sites for hydroxylation is 2. The molecule has 0 amide bonds. The van der Waals surface area contributed by atoms with Gasteiger partial charge in [0.2, 0.25) is 0 Å². The first-order valence-corrected chi connectivity index (χ1v) is 7.13. The zero-order valence-electron chi connectivity index (χ0n) is 12.8. The second kappa shape index (κ2) is 6.62. The molecular weight excluding hydrogens is 246 g/mol. The molecule has 3 nitrogen and oxygen atoms in total. The smallest absolute Gasteiger partial charge is 0.0547 e. The molecule has 0 aliphatic rings. The fourth-order valence-electron chi connectivity index (χ4n) is 2.21. The molecule has 0 aliphatic carbocycles. The normalized spacial score (nSPS) is 11.3. The predicted octanol–water partition coefficient (Wildman–Crippen LogP) is 3.50. The molecule has 2 aromatic rings. The maximum atomic E-state index is 4.59. The van der Waals surface area contributed by atoms with Gasteiger partial charge in [-0.3, -0.25) is 14.9 Å². The molecule has 0 aliphatic heterocycles. The summed E-state index contributed by atoms with van der Waals surface area (Å²) in [7, 11) is 0. The van der Waals surface area contributed by atoms with Crippen LogP contribution in [0.15, 0.2) is 36.4 Å². The zero-order valence-corrected chi connectivity index (χ0v) is 12.8. The Labute approximate surface area is 121 Å². The first-order chi connectivity index (χ1) is 9.54. The Hall–Kier alpha value is -1.74. The van der Waals surface area contributed by atoms with Gasteiger partial charge in [0.05, 0.1) is 11.4 Å². The van der Waals surface area contributed by atoms with Crippen LogP contribution in [-0.4, -0.2) is 20.9 Å². The lowest BCUT2D eigenvalue weighted by atomic mass is 10.2. The second-order valence-electron chi connectivity index (χ2n) is 5.54. The molecule has 0 fully saturated rings. The number of aromatic nitrogens is 2. The van der Waals surface area contributed by atoms with Gasteiger partial charge in [0, 0.05) is 30.5 Å². The van der Waals surface area contributed by atoms with Crippen molar-refractivity contribution in [2.45, 2.75) is 46.8 Å². The van der Waals surface area contributed by atoms with Gasteiger partial charge in [-0.1, -0.05) is 12.1 Å². The van der Waals surface area contributed by atoms with E-state index in [4.69, 9.17) is 0 Å². The fraction of sp³-hybridized carbons (Fsp3) is 0.412. The van der Waals surface area contributed by atoms with Crippen LogP contribution >= 0.6 is 0 Å². The van der Waals surface area contributed by atoms with Crippen molar-refractivity contribution in [3.63, 3.8) is 0 Å². The van der Waals surface area contributed by atoms with Gasteiger partial charge in [-0.15, -0.1) is 0 Å². The standard InChI is InChI=1S/C17H23N3/c1-13(2)20(11-16-9-5-7-14(3)18-16)12-17-10-6-8-15(4)19-17/h5-10,13H,11-12H2,1-4H3. The fourth-order valence-corrected chi connectivity index (χ4v) is 2.21. The number of nitrogens with zero attached hydrogens (tertiary/aromatic N) is 3. The van der Waals surface area contributed by atoms with Crippen molar-refractivity contribution in [3.8, 4) is 0 Å². The number of rotatable bonds is 5. The van der Waals surface area contributed by atoms with Gasteiger partial charge < -0.3 is 0 Å². The molecule has 0 aromatic carbocycles. The molecule has 0 saturated carbocycles. The Kier molecular flexibility index (Phi) is 4.85. The molecule has 0 radical (unpaired) electrons. The summed E-state index contributed by atoms with van der Waals surface area (Å²) in [5.41, 5.74) is 4.37. The van der Waals surface area contributed by atoms with Crippen LogP contribution in [-0.2, 0) is 13.1 Å². The van der Waals surface area contributed by atoms with E-state index in [0.717, 1.165) is 35.9 Å². The highest BCUT2D eigenvalue weighted by Crippen LogP contribution is 2.11. The summed E-state index contributed by atoms with van der Waals surface area (Å²) in [6, 6.07) is 12.8. The summed E-state index contributed by atoms with van der Waals surface area (Å²) < 4.78 is 0. The van der Waals surface area contributed by atoms with E-state index in [1.807, 2.05) is 26.0 Å². The summed E-state index contributed by atoms with van der Waals surface area (Å²) in [6.07, 6.45) is 0. The van der Waals surface area contributed by atoms with Gasteiger partial charge in [-0.05, 0) is 52.0 Å². The van der Waals surface area contributed by atoms with Gasteiger partial charge in [0.15, 0.2) is 0 Å². The topological polar surface area (TPSA) is 29.0 Å². The van der Waals surface area contributed by atoms with Crippen molar-refractivity contribution < 1.29 is 0 Å². The van der Waals surface area contributed by atoms with Crippen molar-refractivity contribution >= 4 is 0 Å². The largest absolute Gasteiger partial charge is 0.289 e. The minimum atomic E-state index is 0.458. The molecule has 3 heteroatoms. The Balaban J connectivity index is 2.11. The van der Waals surface area contributed by atoms with Crippen molar-refractivity contribution in [2.24, 2.45) is 0 Å². The molecular formula is C17H23N3. The van der Waals surface area contributed by atoms with Gasteiger partial charge >= 0.3 is 0 Å². The Morgan fingerprint density at radius 3 is 1.65 bits per heavy atom. The Bertz CT molecular complexity index is 516. The van der Waals surface area contributed by atoms with Gasteiger partial charge in [0.1, 0.15) is 0 Å². The predicted molar refractivity (Wildman–Crippen MR) is 82.3 cm³/mol. The highest BCUT2D eigenvalue weighted by molar-refractivity contribution is 5.12. The van der Waals surface area contributed by atoms with Crippen LogP contribution in [0.1, 0.15) is 36.6 Å². The SMILES string of the molecule is Cc1cccc(CN(Cc2cccc(C)n2)C(C)C)n1. The lowest BCUT2D eigenvalue weighted by Gasteiger charge is -2.26. The van der Waals surface area contributed by atoms with Crippen molar-refractivity contribution in [2.75, 3.05) is 0 Å². The van der Waals surface area contributed by atoms with Crippen molar-refractivity contribution in [3.05, 3.63) is 59.2 Å². The van der Waals surface area contributed by atoms with Crippen LogP contribution in [0, 0.1) is 13.8 Å². The number of pyridine rings is 2. The molecule has 2 rings (SSSR count). The molecule has 0 bridgehead atoms. The third-order valence-electron chi connectivity index (χ3n) is 3.35. The first kappa shape index (κ1) is 14.7. The van der Waals surface area contributed by atoms with Gasteiger partial charge in [0.25, 0.3) is 0 Å². The second-order valence-corrected chi connectivity index (χ2v) is 5.54. The highest BCUT2D eigenvalue weighted by Gasteiger charge is 2.12. The van der Waals surface area contributed by atoms with Crippen LogP contribution in [0.2, 0.25) is 0 Å². The summed E-state index contributed by atoms with van der Waals surface area (Å²) in [5, 5.41) is 0. The monoisotopic (exact) mass is 269 g/mol. The van der Waals surface area contributed by atoms with Crippen LogP contribution < -0.4 is 0 Å². The van der Waals surface area contributed by atoms with Crippen LogP contribution in [0.3, 0.4) is 0 Å². The minimum Gasteiger partial charge on any atom is -0.289 e. The molecule has 0 spiro atoms. The molecule has 0 atom stereocenters. The van der Waals surface area contributed by atoms with Crippen LogP contribution in [0.25, 0.3) is 0 Å². The zero-order chi connectivity index (χ0) is 14.5. The van der Waals surface area contributed by atoms with Crippen LogP contribution in [0.5, 0.6) is 0 Å². The third-order valence-corrected chi connectivity index (χ3v) is 3.35. The highest BCUT2D eigenvalue weighted by atomic mass is 15.2. The molecule has 106 valence electrons. The van der Waals surface area contributed by atoms with E-state index in [-0.39, 0.29) is 0 Å². The molecule has 0 saturated heterocycles. The average molecular weight is 269 g/mol. The quantitative estimate of drug-likeness (QED) is 0.832. The minimum absolute atomic E-state index is 0.458. The summed E-state index contributed by atoms with van der Waals surface area (Å²) in [6.45, 7) is 10.2. The average Bonchev–Trinajstić information content (AvgIpc) is 2.38. The molecule has 2 heterocycles. The molecule has 0 N–H and O–H groups in total. The Morgan fingerprint density at radius 1 is 0.850 bits per heavy atom. The summed E-state index contributed by atoms with van der Waals surface area (Å²) >= 11 is 0. The lowest BCUT2D eigenvalue weighted by molar-refractivity contribution is 0.198. The number of hydrogen-bond acceptors (Lipinski definition) is 3. The van der Waals surface area contributed by atoms with E-state index in [1.165, 1.54) is 0 Å². The van der Waals surface area contributed by atoms with Crippen molar-refractivity contribution in [1.82, 2.24) is 14.9 Å². The van der Waals surface area contributed by atoms with Crippen LogP contribution in [0.4, 0.5) is 0 Å². The van der Waals surface area contributed by atoms with E-state index in [1.54, 1.807) is 0 Å². The van der Waals surface area contributed by atoms with E-state index in [9.17, 15) is 0 Å². The van der Waals surface area contributed by atoms with E-state index < -0.39 is 0 Å². The molecule has 0 unspecified atom stereocenters. The van der Waals surface area contributed by atoms with E-state index in [0.29, 0.717) is 6.04 Å². The van der Waals surface area contributed by atoms with Gasteiger partial charge in [-0.2, -0.15) is 0 Å². The Morgan fingerprint density at radius 2 is 1.30 bits per heavy atom. The van der Waals surface area contributed by atoms with E-state index >= 15 is 0 Å².